The van der Waals surface area contributed by atoms with E-state index in [4.69, 9.17) is 5.73 Å². The number of fused-ring (bicyclic) bond motifs is 1. The molecule has 3 N–H and O–H groups in total. The molecule has 4 aromatic rings. The molecule has 0 amide bonds. The summed E-state index contributed by atoms with van der Waals surface area (Å²) in [5.74, 6) is 0. The SMILES string of the molecule is Cc1cc(C)cc(-c2ccc(N=Nc3cc(S(=O)(=O)O)c4ccccc4c3N)cn2)c1.[NaH]. The molecule has 0 spiro atoms. The third kappa shape index (κ3) is 5.06. The van der Waals surface area contributed by atoms with Gasteiger partial charge in [0.15, 0.2) is 0 Å². The second-order valence-electron chi connectivity index (χ2n) is 7.31. The van der Waals surface area contributed by atoms with Gasteiger partial charge in [0.1, 0.15) is 16.3 Å². The Morgan fingerprint density at radius 1 is 0.906 bits per heavy atom. The Balaban J connectivity index is 0.00000289. The molecule has 0 fully saturated rings. The Kier molecular flexibility index (Phi) is 7.12. The molecule has 1 aromatic heterocycles. The van der Waals surface area contributed by atoms with Gasteiger partial charge in [-0.05, 0) is 44.2 Å². The Hall–Kier alpha value is -2.62. The minimum atomic E-state index is -4.46. The number of aromatic nitrogens is 1. The van der Waals surface area contributed by atoms with Gasteiger partial charge in [-0.25, -0.2) is 0 Å². The molecule has 0 atom stereocenters. The van der Waals surface area contributed by atoms with E-state index in [0.717, 1.165) is 22.4 Å². The number of pyridine rings is 1. The van der Waals surface area contributed by atoms with Crippen LogP contribution in [0.15, 0.2) is 82.0 Å². The number of hydrogen-bond donors (Lipinski definition) is 2. The van der Waals surface area contributed by atoms with Gasteiger partial charge in [0.2, 0.25) is 0 Å². The van der Waals surface area contributed by atoms with Crippen LogP contribution < -0.4 is 5.73 Å². The van der Waals surface area contributed by atoms with Gasteiger partial charge in [0.05, 0.1) is 17.6 Å². The fraction of sp³-hybridized carbons (Fsp3) is 0.0870. The molecule has 4 rings (SSSR count). The van der Waals surface area contributed by atoms with Gasteiger partial charge in [-0.2, -0.15) is 8.42 Å². The van der Waals surface area contributed by atoms with Crippen molar-refractivity contribution in [3.05, 3.63) is 78.0 Å². The summed E-state index contributed by atoms with van der Waals surface area (Å²) in [5.41, 5.74) is 11.2. The molecule has 0 radical (unpaired) electrons. The molecule has 0 aliphatic rings. The van der Waals surface area contributed by atoms with E-state index in [9.17, 15) is 13.0 Å². The van der Waals surface area contributed by atoms with Gasteiger partial charge in [-0.1, -0.05) is 41.5 Å². The van der Waals surface area contributed by atoms with Crippen molar-refractivity contribution in [2.75, 3.05) is 5.73 Å². The van der Waals surface area contributed by atoms with Gasteiger partial charge < -0.3 is 5.73 Å². The van der Waals surface area contributed by atoms with Crippen LogP contribution in [0.4, 0.5) is 17.1 Å². The maximum atomic E-state index is 11.8. The van der Waals surface area contributed by atoms with E-state index in [1.165, 1.54) is 6.07 Å². The third-order valence-corrected chi connectivity index (χ3v) is 5.74. The normalized spacial score (nSPS) is 11.6. The van der Waals surface area contributed by atoms with E-state index in [0.29, 0.717) is 16.5 Å². The molecule has 1 heterocycles. The van der Waals surface area contributed by atoms with Crippen LogP contribution in [0, 0.1) is 13.8 Å². The van der Waals surface area contributed by atoms with Crippen molar-refractivity contribution in [3.63, 3.8) is 0 Å². The molecule has 0 aliphatic carbocycles. The number of azo groups is 1. The molecule has 0 unspecified atom stereocenters. The summed E-state index contributed by atoms with van der Waals surface area (Å²) >= 11 is 0. The molecule has 0 saturated heterocycles. The summed E-state index contributed by atoms with van der Waals surface area (Å²) in [7, 11) is -4.46. The van der Waals surface area contributed by atoms with Gasteiger partial charge in [-0.3, -0.25) is 9.54 Å². The average Bonchev–Trinajstić information content (AvgIpc) is 2.72. The topological polar surface area (TPSA) is 118 Å². The number of nitrogen functional groups attached to an aromatic ring is 1. The zero-order valence-corrected chi connectivity index (χ0v) is 17.8. The number of nitrogens with two attached hydrogens (primary N) is 1. The van der Waals surface area contributed by atoms with Crippen LogP contribution in [0.5, 0.6) is 0 Å². The summed E-state index contributed by atoms with van der Waals surface area (Å²) in [4.78, 5) is 4.18. The molecule has 7 nitrogen and oxygen atoms in total. The maximum absolute atomic E-state index is 11.8. The van der Waals surface area contributed by atoms with Gasteiger partial charge in [-0.15, -0.1) is 10.2 Å². The summed E-state index contributed by atoms with van der Waals surface area (Å²) in [5, 5.41) is 9.05. The average molecular weight is 457 g/mol. The van der Waals surface area contributed by atoms with Crippen molar-refractivity contribution in [3.8, 4) is 11.3 Å². The van der Waals surface area contributed by atoms with Crippen LogP contribution in [0.25, 0.3) is 22.0 Å². The predicted octanol–water partition coefficient (Wildman–Crippen LogP) is 5.11. The van der Waals surface area contributed by atoms with Crippen molar-refractivity contribution in [1.82, 2.24) is 4.98 Å². The number of anilines is 1. The number of nitrogens with zero attached hydrogens (tertiary/aromatic N) is 3. The Labute approximate surface area is 208 Å². The molecular formula is C23H21N4NaO3S. The molecular weight excluding hydrogens is 435 g/mol. The van der Waals surface area contributed by atoms with E-state index < -0.39 is 10.1 Å². The fourth-order valence-electron chi connectivity index (χ4n) is 3.50. The predicted molar refractivity (Wildman–Crippen MR) is 129 cm³/mol. The first kappa shape index (κ1) is 24.0. The molecule has 0 aliphatic heterocycles. The van der Waals surface area contributed by atoms with Gasteiger partial charge in [0, 0.05) is 16.3 Å². The Morgan fingerprint density at radius 3 is 2.16 bits per heavy atom. The first-order valence-electron chi connectivity index (χ1n) is 9.47. The Bertz CT molecular complexity index is 1420. The third-order valence-electron chi connectivity index (χ3n) is 4.84. The first-order valence-corrected chi connectivity index (χ1v) is 10.9. The van der Waals surface area contributed by atoms with E-state index >= 15 is 0 Å². The summed E-state index contributed by atoms with van der Waals surface area (Å²) < 4.78 is 33.3. The summed E-state index contributed by atoms with van der Waals surface area (Å²) in [6, 6.07) is 17.7. The summed E-state index contributed by atoms with van der Waals surface area (Å²) in [6.07, 6.45) is 1.58. The van der Waals surface area contributed by atoms with Crippen molar-refractivity contribution in [2.45, 2.75) is 18.7 Å². The van der Waals surface area contributed by atoms with E-state index in [1.54, 1.807) is 36.5 Å². The van der Waals surface area contributed by atoms with Crippen molar-refractivity contribution < 1.29 is 13.0 Å². The van der Waals surface area contributed by atoms with Crippen LogP contribution >= 0.6 is 0 Å². The second kappa shape index (κ2) is 9.48. The quantitative estimate of drug-likeness (QED) is 0.191. The second-order valence-corrected chi connectivity index (χ2v) is 8.70. The van der Waals surface area contributed by atoms with Crippen molar-refractivity contribution in [1.29, 1.82) is 0 Å². The van der Waals surface area contributed by atoms with Crippen LogP contribution in [-0.2, 0) is 10.1 Å². The van der Waals surface area contributed by atoms with Crippen molar-refractivity contribution >= 4 is 67.5 Å². The van der Waals surface area contributed by atoms with Crippen LogP contribution in [0.1, 0.15) is 11.1 Å². The molecule has 0 saturated carbocycles. The number of benzene rings is 3. The zero-order chi connectivity index (χ0) is 22.2. The summed E-state index contributed by atoms with van der Waals surface area (Å²) in [6.45, 7) is 4.07. The standard InChI is InChI=1S/C23H20N4O3S.Na.H/c1-14-9-15(2)11-16(10-14)20-8-7-17(13-25-20)26-27-21-12-22(31(28,29)30)18-5-3-4-6-19(18)23(21)24;;/h3-13H,24H2,1-2H3,(H,28,29,30);;. The van der Waals surface area contributed by atoms with Gasteiger partial charge in [0.25, 0.3) is 10.1 Å². The van der Waals surface area contributed by atoms with Gasteiger partial charge >= 0.3 is 29.6 Å². The van der Waals surface area contributed by atoms with Crippen LogP contribution in [-0.4, -0.2) is 47.5 Å². The van der Waals surface area contributed by atoms with E-state index in [-0.39, 0.29) is 45.8 Å². The van der Waals surface area contributed by atoms with Crippen LogP contribution in [0.2, 0.25) is 0 Å². The van der Waals surface area contributed by atoms with Crippen LogP contribution in [0.3, 0.4) is 0 Å². The first-order chi connectivity index (χ1) is 14.7. The zero-order valence-electron chi connectivity index (χ0n) is 16.9. The monoisotopic (exact) mass is 456 g/mol. The molecule has 9 heteroatoms. The molecule has 3 aromatic carbocycles. The minimum absolute atomic E-state index is 0. The molecule has 0 bridgehead atoms. The number of aryl methyl sites for hydroxylation is 2. The van der Waals surface area contributed by atoms with E-state index in [2.05, 4.69) is 33.4 Å². The fourth-order valence-corrected chi connectivity index (χ4v) is 4.21. The molecule has 158 valence electrons. The number of hydrogen-bond acceptors (Lipinski definition) is 6. The number of rotatable bonds is 4. The molecule has 32 heavy (non-hydrogen) atoms. The van der Waals surface area contributed by atoms with Crippen molar-refractivity contribution in [2.24, 2.45) is 10.2 Å². The Morgan fingerprint density at radius 2 is 1.56 bits per heavy atom. The van der Waals surface area contributed by atoms with E-state index in [1.807, 2.05) is 19.9 Å².